The highest BCUT2D eigenvalue weighted by atomic mass is 32.2. The Morgan fingerprint density at radius 2 is 1.63 bits per heavy atom. The Morgan fingerprint density at radius 3 is 2.27 bits per heavy atom. The number of amides is 1. The molecule has 2 N–H and O–H groups in total. The minimum Gasteiger partial charge on any atom is -0.490 e. The zero-order valence-corrected chi connectivity index (χ0v) is 17.1. The van der Waals surface area contributed by atoms with Crippen molar-refractivity contribution in [3.63, 3.8) is 0 Å². The number of carbonyl (C=O) groups is 1. The number of halogens is 3. The second-order valence-electron chi connectivity index (χ2n) is 5.92. The number of hydrogen-bond donors (Lipinski definition) is 2. The van der Waals surface area contributed by atoms with Crippen LogP contribution in [-0.2, 0) is 10.0 Å². The van der Waals surface area contributed by atoms with E-state index in [-0.39, 0.29) is 28.5 Å². The zero-order chi connectivity index (χ0) is 22.4. The van der Waals surface area contributed by atoms with E-state index >= 15 is 0 Å². The quantitative estimate of drug-likeness (QED) is 0.614. The van der Waals surface area contributed by atoms with E-state index in [1.54, 1.807) is 19.2 Å². The van der Waals surface area contributed by atoms with Crippen LogP contribution in [0.3, 0.4) is 0 Å². The van der Waals surface area contributed by atoms with Gasteiger partial charge in [-0.3, -0.25) is 9.52 Å². The maximum Gasteiger partial charge on any atom is 0.405 e. The average Bonchev–Trinajstić information content (AvgIpc) is 2.67. The molecular weight excluding hydrogens is 425 g/mol. The molecular formula is C19H21F3N2O5S. The van der Waals surface area contributed by atoms with Gasteiger partial charge in [0.15, 0.2) is 11.5 Å². The van der Waals surface area contributed by atoms with E-state index in [0.717, 1.165) is 0 Å². The van der Waals surface area contributed by atoms with Gasteiger partial charge in [-0.1, -0.05) is 12.1 Å². The second-order valence-corrected chi connectivity index (χ2v) is 7.61. The maximum atomic E-state index is 12.8. The molecule has 0 bridgehead atoms. The summed E-state index contributed by atoms with van der Waals surface area (Å²) in [6, 6.07) is 9.34. The predicted octanol–water partition coefficient (Wildman–Crippen LogP) is 3.58. The Morgan fingerprint density at radius 1 is 1.00 bits per heavy atom. The van der Waals surface area contributed by atoms with Gasteiger partial charge in [0.25, 0.3) is 15.9 Å². The molecule has 164 valence electrons. The first-order valence-corrected chi connectivity index (χ1v) is 10.4. The largest absolute Gasteiger partial charge is 0.490 e. The van der Waals surface area contributed by atoms with Crippen molar-refractivity contribution in [1.82, 2.24) is 5.32 Å². The fourth-order valence-corrected chi connectivity index (χ4v) is 3.54. The minimum atomic E-state index is -4.60. The van der Waals surface area contributed by atoms with E-state index in [2.05, 4.69) is 4.72 Å². The summed E-state index contributed by atoms with van der Waals surface area (Å²) in [5.41, 5.74) is -0.412. The van der Waals surface area contributed by atoms with E-state index in [0.29, 0.717) is 12.4 Å². The van der Waals surface area contributed by atoms with Crippen LogP contribution in [0.15, 0.2) is 47.4 Å². The Hall–Kier alpha value is -2.95. The normalized spacial score (nSPS) is 11.6. The molecule has 0 radical (unpaired) electrons. The Bertz CT molecular complexity index is 994. The van der Waals surface area contributed by atoms with Crippen molar-refractivity contribution in [2.45, 2.75) is 24.9 Å². The lowest BCUT2D eigenvalue weighted by Gasteiger charge is -2.15. The van der Waals surface area contributed by atoms with E-state index in [4.69, 9.17) is 9.47 Å². The first-order valence-electron chi connectivity index (χ1n) is 8.93. The van der Waals surface area contributed by atoms with Crippen molar-refractivity contribution in [2.75, 3.05) is 24.5 Å². The van der Waals surface area contributed by atoms with Crippen molar-refractivity contribution in [3.05, 3.63) is 48.0 Å². The molecule has 2 aromatic carbocycles. The molecule has 30 heavy (non-hydrogen) atoms. The van der Waals surface area contributed by atoms with E-state index < -0.39 is 28.7 Å². The SMILES string of the molecule is CCOc1ccc(S(=O)(=O)Nc2ccccc2C(=O)NCC(F)(F)F)cc1OCC. The number of hydrogen-bond acceptors (Lipinski definition) is 5. The molecule has 0 aromatic heterocycles. The van der Waals surface area contributed by atoms with Gasteiger partial charge in [-0.2, -0.15) is 13.2 Å². The highest BCUT2D eigenvalue weighted by Crippen LogP contribution is 2.31. The third kappa shape index (κ3) is 6.28. The fraction of sp³-hybridized carbons (Fsp3) is 0.316. The lowest BCUT2D eigenvalue weighted by Crippen LogP contribution is -2.34. The Labute approximate surface area is 172 Å². The molecule has 1 amide bonds. The lowest BCUT2D eigenvalue weighted by atomic mass is 10.1. The van der Waals surface area contributed by atoms with Crippen LogP contribution in [0.25, 0.3) is 0 Å². The standard InChI is InChI=1S/C19H21F3N2O5S/c1-3-28-16-10-9-13(11-17(16)29-4-2)30(26,27)24-15-8-6-5-7-14(15)18(25)23-12-19(20,21)22/h5-11,24H,3-4,12H2,1-2H3,(H,23,25). The van der Waals surface area contributed by atoms with Crippen molar-refractivity contribution in [2.24, 2.45) is 0 Å². The van der Waals surface area contributed by atoms with Gasteiger partial charge in [0.1, 0.15) is 6.54 Å². The number of nitrogens with one attached hydrogen (secondary N) is 2. The van der Waals surface area contributed by atoms with Gasteiger partial charge in [-0.05, 0) is 38.1 Å². The number of benzene rings is 2. The number of anilines is 1. The summed E-state index contributed by atoms with van der Waals surface area (Å²) in [7, 11) is -4.17. The Kier molecular flexibility index (Phi) is 7.54. The minimum absolute atomic E-state index is 0.163. The van der Waals surface area contributed by atoms with Crippen molar-refractivity contribution < 1.29 is 35.9 Å². The van der Waals surface area contributed by atoms with Crippen molar-refractivity contribution in [1.29, 1.82) is 0 Å². The van der Waals surface area contributed by atoms with Gasteiger partial charge >= 0.3 is 6.18 Å². The van der Waals surface area contributed by atoms with Gasteiger partial charge < -0.3 is 14.8 Å². The molecule has 2 aromatic rings. The zero-order valence-electron chi connectivity index (χ0n) is 16.2. The molecule has 0 atom stereocenters. The highest BCUT2D eigenvalue weighted by molar-refractivity contribution is 7.92. The van der Waals surface area contributed by atoms with Crippen LogP contribution >= 0.6 is 0 Å². The van der Waals surface area contributed by atoms with Crippen LogP contribution < -0.4 is 19.5 Å². The molecule has 11 heteroatoms. The van der Waals surface area contributed by atoms with Crippen LogP contribution in [0.1, 0.15) is 24.2 Å². The third-order valence-electron chi connectivity index (χ3n) is 3.69. The van der Waals surface area contributed by atoms with Crippen LogP contribution in [0, 0.1) is 0 Å². The monoisotopic (exact) mass is 446 g/mol. The number of para-hydroxylation sites is 1. The molecule has 0 aliphatic carbocycles. The van der Waals surface area contributed by atoms with Crippen LogP contribution in [0.2, 0.25) is 0 Å². The molecule has 0 saturated heterocycles. The topological polar surface area (TPSA) is 93.7 Å². The average molecular weight is 446 g/mol. The van der Waals surface area contributed by atoms with Crippen LogP contribution in [-0.4, -0.2) is 40.3 Å². The molecule has 2 rings (SSSR count). The smallest absolute Gasteiger partial charge is 0.405 e. The second kappa shape index (κ2) is 9.70. The number of sulfonamides is 1. The molecule has 0 heterocycles. The summed E-state index contributed by atoms with van der Waals surface area (Å²) in [4.78, 5) is 11.9. The summed E-state index contributed by atoms with van der Waals surface area (Å²) in [6.07, 6.45) is -4.60. The van der Waals surface area contributed by atoms with Gasteiger partial charge in [0.2, 0.25) is 0 Å². The van der Waals surface area contributed by atoms with Crippen molar-refractivity contribution in [3.8, 4) is 11.5 Å². The molecule has 0 unspecified atom stereocenters. The maximum absolute atomic E-state index is 12.8. The molecule has 7 nitrogen and oxygen atoms in total. The number of carbonyl (C=O) groups excluding carboxylic acids is 1. The summed E-state index contributed by atoms with van der Waals surface area (Å²) in [5.74, 6) is -0.476. The van der Waals surface area contributed by atoms with E-state index in [9.17, 15) is 26.4 Å². The lowest BCUT2D eigenvalue weighted by molar-refractivity contribution is -0.123. The predicted molar refractivity (Wildman–Crippen MR) is 104 cm³/mol. The molecule has 0 fully saturated rings. The van der Waals surface area contributed by atoms with E-state index in [1.807, 2.05) is 0 Å². The fourth-order valence-electron chi connectivity index (χ4n) is 2.45. The van der Waals surface area contributed by atoms with E-state index in [1.165, 1.54) is 42.5 Å². The van der Waals surface area contributed by atoms with Crippen molar-refractivity contribution >= 4 is 21.6 Å². The summed E-state index contributed by atoms with van der Waals surface area (Å²) >= 11 is 0. The first-order chi connectivity index (χ1) is 14.1. The summed E-state index contributed by atoms with van der Waals surface area (Å²) < 4.78 is 75.7. The highest BCUT2D eigenvalue weighted by Gasteiger charge is 2.28. The van der Waals surface area contributed by atoms with Gasteiger partial charge in [0.05, 0.1) is 29.4 Å². The molecule has 0 aliphatic rings. The van der Waals surface area contributed by atoms with Gasteiger partial charge in [-0.25, -0.2) is 8.42 Å². The molecule has 0 aliphatic heterocycles. The molecule has 0 spiro atoms. The summed E-state index contributed by atoms with van der Waals surface area (Å²) in [6.45, 7) is 2.58. The van der Waals surface area contributed by atoms with Gasteiger partial charge in [-0.15, -0.1) is 0 Å². The number of rotatable bonds is 9. The van der Waals surface area contributed by atoms with Crippen LogP contribution in [0.4, 0.5) is 18.9 Å². The Balaban J connectivity index is 2.32. The van der Waals surface area contributed by atoms with Gasteiger partial charge in [0, 0.05) is 6.07 Å². The van der Waals surface area contributed by atoms with Crippen LogP contribution in [0.5, 0.6) is 11.5 Å². The molecule has 0 saturated carbocycles. The summed E-state index contributed by atoms with van der Waals surface area (Å²) in [5, 5.41) is 1.72. The first kappa shape index (κ1) is 23.3. The number of ether oxygens (including phenoxy) is 2. The number of alkyl halides is 3. The third-order valence-corrected chi connectivity index (χ3v) is 5.05.